The molecule has 0 aliphatic carbocycles. The van der Waals surface area contributed by atoms with Crippen LogP contribution in [0, 0.1) is 0 Å². The van der Waals surface area contributed by atoms with Crippen LogP contribution < -0.4 is 16.4 Å². The van der Waals surface area contributed by atoms with Crippen LogP contribution in [0.2, 0.25) is 5.02 Å². The summed E-state index contributed by atoms with van der Waals surface area (Å²) in [5.41, 5.74) is 7.16. The van der Waals surface area contributed by atoms with E-state index in [-0.39, 0.29) is 0 Å². The Morgan fingerprint density at radius 2 is 1.71 bits per heavy atom. The summed E-state index contributed by atoms with van der Waals surface area (Å²) in [6.45, 7) is 0. The predicted molar refractivity (Wildman–Crippen MR) is 95.0 cm³/mol. The zero-order chi connectivity index (χ0) is 16.9. The maximum atomic E-state index is 11.2. The van der Waals surface area contributed by atoms with E-state index in [9.17, 15) is 4.79 Å². The molecule has 0 fully saturated rings. The minimum absolute atomic E-state index is 0.420. The normalized spacial score (nSPS) is 10.2. The number of para-hydroxylation sites is 1. The van der Waals surface area contributed by atoms with Crippen LogP contribution in [0.5, 0.6) is 0 Å². The molecule has 0 saturated heterocycles. The summed E-state index contributed by atoms with van der Waals surface area (Å²) in [6, 6.07) is 16.0. The van der Waals surface area contributed by atoms with Crippen molar-refractivity contribution in [2.75, 3.05) is 10.6 Å². The van der Waals surface area contributed by atoms with Crippen molar-refractivity contribution >= 4 is 40.5 Å². The van der Waals surface area contributed by atoms with Crippen LogP contribution in [0.15, 0.2) is 60.9 Å². The van der Waals surface area contributed by atoms with Crippen LogP contribution in [0.1, 0.15) is 10.4 Å². The summed E-state index contributed by atoms with van der Waals surface area (Å²) in [4.78, 5) is 19.6. The van der Waals surface area contributed by atoms with Gasteiger partial charge in [-0.1, -0.05) is 29.8 Å². The molecule has 0 radical (unpaired) electrons. The van der Waals surface area contributed by atoms with Crippen LogP contribution in [0.25, 0.3) is 0 Å². The quantitative estimate of drug-likeness (QED) is 0.658. The molecule has 2 aromatic carbocycles. The predicted octanol–water partition coefficient (Wildman–Crippen LogP) is 3.72. The Balaban J connectivity index is 1.79. The average molecular weight is 340 g/mol. The third-order valence-electron chi connectivity index (χ3n) is 3.22. The third-order valence-corrected chi connectivity index (χ3v) is 3.55. The topological polar surface area (TPSA) is 92.9 Å². The third kappa shape index (κ3) is 3.80. The first kappa shape index (κ1) is 15.8. The molecule has 4 N–H and O–H groups in total. The van der Waals surface area contributed by atoms with Crippen LogP contribution in [-0.4, -0.2) is 15.9 Å². The highest BCUT2D eigenvalue weighted by Gasteiger charge is 2.05. The van der Waals surface area contributed by atoms with E-state index in [0.717, 1.165) is 5.69 Å². The van der Waals surface area contributed by atoms with Crippen molar-refractivity contribution < 1.29 is 4.79 Å². The second kappa shape index (κ2) is 6.97. The number of nitrogens with one attached hydrogen (secondary N) is 2. The highest BCUT2D eigenvalue weighted by molar-refractivity contribution is 6.33. The summed E-state index contributed by atoms with van der Waals surface area (Å²) in [7, 11) is 0. The van der Waals surface area contributed by atoms with E-state index in [1.54, 1.807) is 30.3 Å². The van der Waals surface area contributed by atoms with Gasteiger partial charge in [0.15, 0.2) is 0 Å². The number of hydrogen-bond donors (Lipinski definition) is 3. The fourth-order valence-corrected chi connectivity index (χ4v) is 2.28. The SMILES string of the molecule is NC(=O)c1cccc(Nc2cc(Nc3ccccc3Cl)ncn2)c1. The van der Waals surface area contributed by atoms with Gasteiger partial charge < -0.3 is 16.4 Å². The lowest BCUT2D eigenvalue weighted by molar-refractivity contribution is 0.100. The maximum absolute atomic E-state index is 11.2. The van der Waals surface area contributed by atoms with Crippen molar-refractivity contribution in [1.29, 1.82) is 0 Å². The number of amides is 1. The molecule has 1 aromatic heterocycles. The highest BCUT2D eigenvalue weighted by atomic mass is 35.5. The highest BCUT2D eigenvalue weighted by Crippen LogP contribution is 2.25. The number of nitrogens with two attached hydrogens (primary N) is 1. The van der Waals surface area contributed by atoms with E-state index in [2.05, 4.69) is 20.6 Å². The number of primary amides is 1. The van der Waals surface area contributed by atoms with Crippen molar-refractivity contribution in [3.05, 3.63) is 71.5 Å². The first-order valence-electron chi connectivity index (χ1n) is 7.12. The Hall–Kier alpha value is -3.12. The number of nitrogens with zero attached hydrogens (tertiary/aromatic N) is 2. The van der Waals surface area contributed by atoms with Gasteiger partial charge in [-0.3, -0.25) is 4.79 Å². The van der Waals surface area contributed by atoms with Crippen molar-refractivity contribution in [3.63, 3.8) is 0 Å². The van der Waals surface area contributed by atoms with E-state index >= 15 is 0 Å². The Kier molecular flexibility index (Phi) is 4.58. The number of anilines is 4. The lowest BCUT2D eigenvalue weighted by atomic mass is 10.2. The molecule has 0 unspecified atom stereocenters. The van der Waals surface area contributed by atoms with Crippen molar-refractivity contribution in [3.8, 4) is 0 Å². The molecule has 3 rings (SSSR count). The molecule has 0 spiro atoms. The van der Waals surface area contributed by atoms with Gasteiger partial charge in [0, 0.05) is 17.3 Å². The molecule has 0 aliphatic rings. The monoisotopic (exact) mass is 339 g/mol. The van der Waals surface area contributed by atoms with Crippen molar-refractivity contribution in [2.24, 2.45) is 5.73 Å². The Morgan fingerprint density at radius 1 is 0.958 bits per heavy atom. The average Bonchev–Trinajstić information content (AvgIpc) is 2.57. The summed E-state index contributed by atoms with van der Waals surface area (Å²) >= 11 is 6.13. The van der Waals surface area contributed by atoms with Crippen molar-refractivity contribution in [2.45, 2.75) is 0 Å². The summed E-state index contributed by atoms with van der Waals surface area (Å²) in [6.07, 6.45) is 1.43. The van der Waals surface area contributed by atoms with E-state index < -0.39 is 5.91 Å². The molecule has 0 atom stereocenters. The van der Waals surface area contributed by atoms with Gasteiger partial charge in [0.05, 0.1) is 10.7 Å². The summed E-state index contributed by atoms with van der Waals surface area (Å²) < 4.78 is 0. The smallest absolute Gasteiger partial charge is 0.248 e. The Bertz CT molecular complexity index is 884. The van der Waals surface area contributed by atoms with Gasteiger partial charge in [-0.15, -0.1) is 0 Å². The molecule has 7 heteroatoms. The van der Waals surface area contributed by atoms with E-state index in [0.29, 0.717) is 27.9 Å². The van der Waals surface area contributed by atoms with Gasteiger partial charge in [-0.25, -0.2) is 9.97 Å². The molecule has 0 aliphatic heterocycles. The summed E-state index contributed by atoms with van der Waals surface area (Å²) in [5.74, 6) is 0.676. The largest absolute Gasteiger partial charge is 0.366 e. The zero-order valence-electron chi connectivity index (χ0n) is 12.5. The molecule has 1 amide bonds. The number of carbonyl (C=O) groups excluding carboxylic acids is 1. The fourth-order valence-electron chi connectivity index (χ4n) is 2.09. The number of benzene rings is 2. The standard InChI is InChI=1S/C17H14ClN5O/c18-13-6-1-2-7-14(13)23-16-9-15(20-10-21-16)22-12-5-3-4-11(8-12)17(19)24/h1-10H,(H2,19,24)(H2,20,21,22,23). The second-order valence-corrected chi connectivity index (χ2v) is 5.37. The fraction of sp³-hybridized carbons (Fsp3) is 0. The molecule has 24 heavy (non-hydrogen) atoms. The molecule has 0 saturated carbocycles. The second-order valence-electron chi connectivity index (χ2n) is 4.96. The first-order chi connectivity index (χ1) is 11.6. The van der Waals surface area contributed by atoms with Gasteiger partial charge in [0.25, 0.3) is 0 Å². The summed E-state index contributed by atoms with van der Waals surface area (Å²) in [5, 5.41) is 6.84. The molecule has 0 bridgehead atoms. The minimum Gasteiger partial charge on any atom is -0.366 e. The molecular formula is C17H14ClN5O. The number of aromatic nitrogens is 2. The number of rotatable bonds is 5. The van der Waals surface area contributed by atoms with Gasteiger partial charge in [-0.2, -0.15) is 0 Å². The van der Waals surface area contributed by atoms with E-state index in [4.69, 9.17) is 17.3 Å². The molecule has 120 valence electrons. The number of hydrogen-bond acceptors (Lipinski definition) is 5. The van der Waals surface area contributed by atoms with Crippen LogP contribution >= 0.6 is 11.6 Å². The Labute approximate surface area is 143 Å². The van der Waals surface area contributed by atoms with Gasteiger partial charge in [0.1, 0.15) is 18.0 Å². The Morgan fingerprint density at radius 3 is 2.46 bits per heavy atom. The van der Waals surface area contributed by atoms with Crippen LogP contribution in [-0.2, 0) is 0 Å². The molecule has 6 nitrogen and oxygen atoms in total. The zero-order valence-corrected chi connectivity index (χ0v) is 13.3. The first-order valence-corrected chi connectivity index (χ1v) is 7.50. The van der Waals surface area contributed by atoms with Gasteiger partial charge in [0.2, 0.25) is 5.91 Å². The lowest BCUT2D eigenvalue weighted by Gasteiger charge is -2.10. The minimum atomic E-state index is -0.484. The van der Waals surface area contributed by atoms with E-state index in [1.807, 2.05) is 24.3 Å². The molecule has 3 aromatic rings. The number of halogens is 1. The van der Waals surface area contributed by atoms with Crippen LogP contribution in [0.3, 0.4) is 0 Å². The number of carbonyl (C=O) groups is 1. The lowest BCUT2D eigenvalue weighted by Crippen LogP contribution is -2.10. The van der Waals surface area contributed by atoms with Gasteiger partial charge >= 0.3 is 0 Å². The van der Waals surface area contributed by atoms with Gasteiger partial charge in [-0.05, 0) is 30.3 Å². The van der Waals surface area contributed by atoms with Crippen LogP contribution in [0.4, 0.5) is 23.0 Å². The molecular weight excluding hydrogens is 326 g/mol. The van der Waals surface area contributed by atoms with E-state index in [1.165, 1.54) is 6.33 Å². The molecule has 1 heterocycles. The van der Waals surface area contributed by atoms with Crippen molar-refractivity contribution in [1.82, 2.24) is 9.97 Å². The maximum Gasteiger partial charge on any atom is 0.248 e.